The molecule has 106 valence electrons. The molecule has 0 spiro atoms. The van der Waals surface area contributed by atoms with Gasteiger partial charge < -0.3 is 15.4 Å². The molecule has 1 rings (SSSR count). The van der Waals surface area contributed by atoms with Crippen LogP contribution >= 0.6 is 15.9 Å². The Labute approximate surface area is 123 Å². The van der Waals surface area contributed by atoms with Crippen LogP contribution in [0.15, 0.2) is 22.7 Å². The zero-order valence-corrected chi connectivity index (χ0v) is 13.2. The molecule has 2 N–H and O–H groups in total. The number of benzene rings is 1. The number of ether oxygens (including phenoxy) is 1. The molecule has 0 saturated heterocycles. The van der Waals surface area contributed by atoms with Crippen molar-refractivity contribution < 1.29 is 9.53 Å². The van der Waals surface area contributed by atoms with Crippen molar-refractivity contribution in [2.45, 2.75) is 20.3 Å². The third-order valence-corrected chi connectivity index (χ3v) is 3.14. The Morgan fingerprint density at radius 2 is 2.16 bits per heavy atom. The molecule has 0 bridgehead atoms. The molecule has 0 aliphatic carbocycles. The second-order valence-electron chi connectivity index (χ2n) is 4.73. The molecule has 5 heteroatoms. The Kier molecular flexibility index (Phi) is 6.70. The minimum atomic E-state index is -0.0114. The number of hydrogen-bond acceptors (Lipinski definition) is 3. The van der Waals surface area contributed by atoms with E-state index in [1.54, 1.807) is 7.11 Å². The summed E-state index contributed by atoms with van der Waals surface area (Å²) in [5.41, 5.74) is 0.802. The number of anilines is 1. The molecular weight excluding hydrogens is 308 g/mol. The van der Waals surface area contributed by atoms with Crippen molar-refractivity contribution >= 4 is 27.5 Å². The van der Waals surface area contributed by atoms with E-state index in [0.29, 0.717) is 12.5 Å². The third kappa shape index (κ3) is 5.96. The number of carbonyl (C=O) groups excluding carboxylic acids is 1. The van der Waals surface area contributed by atoms with Gasteiger partial charge in [-0.3, -0.25) is 4.79 Å². The lowest BCUT2D eigenvalue weighted by atomic mass is 10.1. The maximum Gasteiger partial charge on any atom is 0.239 e. The second-order valence-corrected chi connectivity index (χ2v) is 5.65. The van der Waals surface area contributed by atoms with Crippen LogP contribution in [0.3, 0.4) is 0 Å². The highest BCUT2D eigenvalue weighted by atomic mass is 79.9. The number of amides is 1. The average molecular weight is 329 g/mol. The standard InChI is InChI=1S/C14H21BrN2O2/c1-10(2)6-7-16-14(18)9-17-12-8-11(15)4-5-13(12)19-3/h4-5,8,10,17H,6-7,9H2,1-3H3,(H,16,18). The number of nitrogens with one attached hydrogen (secondary N) is 2. The largest absolute Gasteiger partial charge is 0.495 e. The first-order chi connectivity index (χ1) is 9.02. The predicted molar refractivity (Wildman–Crippen MR) is 81.6 cm³/mol. The van der Waals surface area contributed by atoms with Gasteiger partial charge in [0.25, 0.3) is 0 Å². The SMILES string of the molecule is COc1ccc(Br)cc1NCC(=O)NCCC(C)C. The molecule has 0 aromatic heterocycles. The Morgan fingerprint density at radius 1 is 1.42 bits per heavy atom. The Bertz CT molecular complexity index is 422. The molecular formula is C14H21BrN2O2. The van der Waals surface area contributed by atoms with Gasteiger partial charge in [-0.2, -0.15) is 0 Å². The summed E-state index contributed by atoms with van der Waals surface area (Å²) in [7, 11) is 1.61. The van der Waals surface area contributed by atoms with E-state index in [1.165, 1.54) is 0 Å². The first-order valence-electron chi connectivity index (χ1n) is 6.37. The maximum absolute atomic E-state index is 11.7. The van der Waals surface area contributed by atoms with Crippen LogP contribution in [-0.4, -0.2) is 26.1 Å². The summed E-state index contributed by atoms with van der Waals surface area (Å²) in [6.07, 6.45) is 0.992. The van der Waals surface area contributed by atoms with Crippen molar-refractivity contribution in [3.05, 3.63) is 22.7 Å². The van der Waals surface area contributed by atoms with Crippen LogP contribution in [0.4, 0.5) is 5.69 Å². The smallest absolute Gasteiger partial charge is 0.239 e. The van der Waals surface area contributed by atoms with Crippen LogP contribution < -0.4 is 15.4 Å². The first-order valence-corrected chi connectivity index (χ1v) is 7.16. The molecule has 1 aromatic rings. The molecule has 1 aromatic carbocycles. The molecule has 0 atom stereocenters. The fourth-order valence-electron chi connectivity index (χ4n) is 1.56. The summed E-state index contributed by atoms with van der Waals surface area (Å²) in [6, 6.07) is 5.63. The van der Waals surface area contributed by atoms with Gasteiger partial charge >= 0.3 is 0 Å². The summed E-state index contributed by atoms with van der Waals surface area (Å²) < 4.78 is 6.17. The normalized spacial score (nSPS) is 10.4. The van der Waals surface area contributed by atoms with E-state index in [1.807, 2.05) is 18.2 Å². The zero-order chi connectivity index (χ0) is 14.3. The Balaban J connectivity index is 2.43. The lowest BCUT2D eigenvalue weighted by Gasteiger charge is -2.12. The lowest BCUT2D eigenvalue weighted by molar-refractivity contribution is -0.119. The van der Waals surface area contributed by atoms with Crippen molar-refractivity contribution in [3.63, 3.8) is 0 Å². The number of carbonyl (C=O) groups is 1. The molecule has 0 heterocycles. The minimum absolute atomic E-state index is 0.0114. The first kappa shape index (κ1) is 15.8. The number of rotatable bonds is 7. The lowest BCUT2D eigenvalue weighted by Crippen LogP contribution is -2.31. The van der Waals surface area contributed by atoms with Crippen LogP contribution in [0.5, 0.6) is 5.75 Å². The summed E-state index contributed by atoms with van der Waals surface area (Å²) in [5, 5.41) is 5.96. The highest BCUT2D eigenvalue weighted by molar-refractivity contribution is 9.10. The summed E-state index contributed by atoms with van der Waals surface area (Å²) in [6.45, 7) is 5.23. The molecule has 0 unspecified atom stereocenters. The number of halogens is 1. The van der Waals surface area contributed by atoms with E-state index in [0.717, 1.165) is 22.3 Å². The summed E-state index contributed by atoms with van der Waals surface area (Å²) >= 11 is 3.39. The molecule has 0 fully saturated rings. The third-order valence-electron chi connectivity index (χ3n) is 2.64. The predicted octanol–water partition coefficient (Wildman–Crippen LogP) is 3.03. The van der Waals surface area contributed by atoms with Crippen molar-refractivity contribution in [2.24, 2.45) is 5.92 Å². The van der Waals surface area contributed by atoms with Gasteiger partial charge in [0.05, 0.1) is 19.3 Å². The van der Waals surface area contributed by atoms with Gasteiger partial charge in [0.2, 0.25) is 5.91 Å². The minimum Gasteiger partial charge on any atom is -0.495 e. The fraction of sp³-hybridized carbons (Fsp3) is 0.500. The van der Waals surface area contributed by atoms with E-state index in [4.69, 9.17) is 4.74 Å². The summed E-state index contributed by atoms with van der Waals surface area (Å²) in [5.74, 6) is 1.30. The van der Waals surface area contributed by atoms with Gasteiger partial charge in [0.1, 0.15) is 5.75 Å². The van der Waals surface area contributed by atoms with Gasteiger partial charge in [0.15, 0.2) is 0 Å². The number of hydrogen-bond donors (Lipinski definition) is 2. The quantitative estimate of drug-likeness (QED) is 0.808. The molecule has 19 heavy (non-hydrogen) atoms. The highest BCUT2D eigenvalue weighted by Crippen LogP contribution is 2.27. The van der Waals surface area contributed by atoms with Crippen LogP contribution in [-0.2, 0) is 4.79 Å². The van der Waals surface area contributed by atoms with Crippen LogP contribution in [0.1, 0.15) is 20.3 Å². The van der Waals surface area contributed by atoms with E-state index < -0.39 is 0 Å². The molecule has 0 aliphatic heterocycles. The van der Waals surface area contributed by atoms with Gasteiger partial charge in [-0.1, -0.05) is 29.8 Å². The van der Waals surface area contributed by atoms with E-state index in [-0.39, 0.29) is 12.5 Å². The zero-order valence-electron chi connectivity index (χ0n) is 11.6. The van der Waals surface area contributed by atoms with Crippen LogP contribution in [0.25, 0.3) is 0 Å². The van der Waals surface area contributed by atoms with Crippen molar-refractivity contribution in [3.8, 4) is 5.75 Å². The molecule has 0 radical (unpaired) electrons. The van der Waals surface area contributed by atoms with Crippen LogP contribution in [0.2, 0.25) is 0 Å². The fourth-order valence-corrected chi connectivity index (χ4v) is 1.92. The van der Waals surface area contributed by atoms with Crippen LogP contribution in [0, 0.1) is 5.92 Å². The molecule has 0 aliphatic rings. The molecule has 4 nitrogen and oxygen atoms in total. The van der Waals surface area contributed by atoms with Gasteiger partial charge in [-0.15, -0.1) is 0 Å². The molecule has 1 amide bonds. The van der Waals surface area contributed by atoms with Crippen molar-refractivity contribution in [2.75, 3.05) is 25.5 Å². The Hall–Kier alpha value is -1.23. The van der Waals surface area contributed by atoms with Crippen molar-refractivity contribution in [1.82, 2.24) is 5.32 Å². The van der Waals surface area contributed by atoms with E-state index in [2.05, 4.69) is 40.4 Å². The van der Waals surface area contributed by atoms with E-state index >= 15 is 0 Å². The van der Waals surface area contributed by atoms with Crippen molar-refractivity contribution in [1.29, 1.82) is 0 Å². The van der Waals surface area contributed by atoms with Gasteiger partial charge in [0, 0.05) is 11.0 Å². The number of methoxy groups -OCH3 is 1. The Morgan fingerprint density at radius 3 is 2.79 bits per heavy atom. The topological polar surface area (TPSA) is 50.4 Å². The second kappa shape index (κ2) is 8.04. The summed E-state index contributed by atoms with van der Waals surface area (Å²) in [4.78, 5) is 11.7. The maximum atomic E-state index is 11.7. The monoisotopic (exact) mass is 328 g/mol. The van der Waals surface area contributed by atoms with Gasteiger partial charge in [-0.25, -0.2) is 0 Å². The highest BCUT2D eigenvalue weighted by Gasteiger charge is 2.06. The van der Waals surface area contributed by atoms with E-state index in [9.17, 15) is 4.79 Å². The molecule has 0 saturated carbocycles. The van der Waals surface area contributed by atoms with Gasteiger partial charge in [-0.05, 0) is 30.5 Å². The average Bonchev–Trinajstić information content (AvgIpc) is 2.36.